The molecule has 1 N–H and O–H groups in total. The minimum Gasteiger partial charge on any atom is -0.480 e. The van der Waals surface area contributed by atoms with Crippen molar-refractivity contribution >= 4 is 21.8 Å². The minimum atomic E-state index is -0.266. The predicted molar refractivity (Wildman–Crippen MR) is 66.8 cm³/mol. The Kier molecular flexibility index (Phi) is 3.56. The molecule has 0 radical (unpaired) electrons. The number of methoxy groups -OCH3 is 1. The fourth-order valence-electron chi connectivity index (χ4n) is 1.28. The number of hydrogen-bond donors (Lipinski definition) is 1. The summed E-state index contributed by atoms with van der Waals surface area (Å²) in [6.45, 7) is 0. The highest BCUT2D eigenvalue weighted by molar-refractivity contribution is 9.10. The molecule has 0 aliphatic heterocycles. The zero-order valence-corrected chi connectivity index (χ0v) is 11.3. The summed E-state index contributed by atoms with van der Waals surface area (Å²) in [5.74, 6) is 0.458. The van der Waals surface area contributed by atoms with Gasteiger partial charge >= 0.3 is 0 Å². The van der Waals surface area contributed by atoms with Crippen LogP contribution in [-0.2, 0) is 0 Å². The molecule has 0 unspecified atom stereocenters. The van der Waals surface area contributed by atoms with Crippen LogP contribution in [0.25, 0.3) is 5.95 Å². The summed E-state index contributed by atoms with van der Waals surface area (Å²) in [4.78, 5) is 19.6. The topological polar surface area (TPSA) is 81.9 Å². The Morgan fingerprint density at radius 1 is 1.56 bits per heavy atom. The predicted octanol–water partition coefficient (Wildman–Crippen LogP) is 0.793. The second kappa shape index (κ2) is 5.13. The quantitative estimate of drug-likeness (QED) is 0.906. The van der Waals surface area contributed by atoms with E-state index in [0.29, 0.717) is 22.0 Å². The molecule has 2 aromatic rings. The number of hydrogen-bond acceptors (Lipinski definition) is 5. The molecular weight excluding hydrogens is 302 g/mol. The van der Waals surface area contributed by atoms with Gasteiger partial charge in [-0.3, -0.25) is 4.79 Å². The van der Waals surface area contributed by atoms with Gasteiger partial charge in [-0.2, -0.15) is 10.1 Å². The van der Waals surface area contributed by atoms with E-state index in [2.05, 4.69) is 36.3 Å². The first-order valence-electron chi connectivity index (χ1n) is 5.00. The minimum absolute atomic E-state index is 0.266. The van der Waals surface area contributed by atoms with Crippen LogP contribution in [0, 0.1) is 0 Å². The van der Waals surface area contributed by atoms with Gasteiger partial charge in [0.2, 0.25) is 5.88 Å². The van der Waals surface area contributed by atoms with Crippen molar-refractivity contribution in [3.05, 3.63) is 28.6 Å². The first-order chi connectivity index (χ1) is 8.65. The fourth-order valence-corrected chi connectivity index (χ4v) is 1.63. The Hall–Kier alpha value is -1.96. The van der Waals surface area contributed by atoms with E-state index in [-0.39, 0.29) is 5.91 Å². The molecule has 0 saturated carbocycles. The van der Waals surface area contributed by atoms with Crippen LogP contribution in [-0.4, -0.2) is 39.8 Å². The van der Waals surface area contributed by atoms with Crippen LogP contribution in [0.1, 0.15) is 10.5 Å². The summed E-state index contributed by atoms with van der Waals surface area (Å²) in [5, 5.41) is 6.56. The average molecular weight is 312 g/mol. The molecule has 0 spiro atoms. The van der Waals surface area contributed by atoms with E-state index in [1.165, 1.54) is 11.8 Å². The standard InChI is InChI=1S/C10H10BrN5O2/c1-12-8(17)7-3-4-16(15-7)10-13-5-6(11)9(14-10)18-2/h3-5H,1-2H3,(H,12,17). The SMILES string of the molecule is CNC(=O)c1ccn(-c2ncc(Br)c(OC)n2)n1. The lowest BCUT2D eigenvalue weighted by atomic mass is 10.4. The Balaban J connectivity index is 2.37. The van der Waals surface area contributed by atoms with E-state index in [4.69, 9.17) is 4.74 Å². The van der Waals surface area contributed by atoms with Crippen molar-refractivity contribution in [2.45, 2.75) is 0 Å². The van der Waals surface area contributed by atoms with Crippen LogP contribution < -0.4 is 10.1 Å². The first kappa shape index (κ1) is 12.5. The number of carbonyl (C=O) groups excluding carboxylic acids is 1. The van der Waals surface area contributed by atoms with Gasteiger partial charge in [0.1, 0.15) is 0 Å². The maximum atomic E-state index is 11.4. The van der Waals surface area contributed by atoms with Crippen molar-refractivity contribution in [2.75, 3.05) is 14.2 Å². The summed E-state index contributed by atoms with van der Waals surface area (Å²) < 4.78 is 7.11. The van der Waals surface area contributed by atoms with Crippen LogP contribution >= 0.6 is 15.9 Å². The molecule has 7 nitrogen and oxygen atoms in total. The van der Waals surface area contributed by atoms with E-state index < -0.39 is 0 Å². The molecule has 2 rings (SSSR count). The maximum Gasteiger partial charge on any atom is 0.271 e. The highest BCUT2D eigenvalue weighted by Crippen LogP contribution is 2.21. The second-order valence-corrected chi connectivity index (χ2v) is 4.11. The van der Waals surface area contributed by atoms with Gasteiger partial charge in [0.25, 0.3) is 11.9 Å². The third kappa shape index (κ3) is 2.33. The zero-order chi connectivity index (χ0) is 13.1. The van der Waals surface area contributed by atoms with Crippen molar-refractivity contribution in [3.8, 4) is 11.8 Å². The highest BCUT2D eigenvalue weighted by atomic mass is 79.9. The molecule has 0 saturated heterocycles. The number of nitrogens with one attached hydrogen (secondary N) is 1. The molecule has 1 amide bonds. The van der Waals surface area contributed by atoms with Crippen molar-refractivity contribution in [1.29, 1.82) is 0 Å². The molecule has 8 heteroatoms. The molecule has 2 aromatic heterocycles. The van der Waals surface area contributed by atoms with Crippen LogP contribution in [0.3, 0.4) is 0 Å². The molecule has 0 atom stereocenters. The van der Waals surface area contributed by atoms with Gasteiger partial charge in [-0.05, 0) is 22.0 Å². The number of aromatic nitrogens is 4. The molecule has 0 aromatic carbocycles. The number of halogens is 1. The second-order valence-electron chi connectivity index (χ2n) is 3.25. The third-order valence-corrected chi connectivity index (χ3v) is 2.69. The van der Waals surface area contributed by atoms with Crippen LogP contribution in [0.5, 0.6) is 5.88 Å². The number of carbonyl (C=O) groups is 1. The molecule has 0 bridgehead atoms. The molecule has 0 fully saturated rings. The highest BCUT2D eigenvalue weighted by Gasteiger charge is 2.11. The number of amides is 1. The normalized spacial score (nSPS) is 10.2. The lowest BCUT2D eigenvalue weighted by molar-refractivity contribution is 0.0957. The van der Waals surface area contributed by atoms with Gasteiger partial charge in [-0.15, -0.1) is 0 Å². The Labute approximate surface area is 111 Å². The molecule has 0 aliphatic carbocycles. The Morgan fingerprint density at radius 3 is 3.00 bits per heavy atom. The monoisotopic (exact) mass is 311 g/mol. The van der Waals surface area contributed by atoms with E-state index in [9.17, 15) is 4.79 Å². The lowest BCUT2D eigenvalue weighted by Crippen LogP contribution is -2.18. The fraction of sp³-hybridized carbons (Fsp3) is 0.200. The van der Waals surface area contributed by atoms with Gasteiger partial charge in [-0.1, -0.05) is 0 Å². The third-order valence-electron chi connectivity index (χ3n) is 2.15. The van der Waals surface area contributed by atoms with E-state index in [1.54, 1.807) is 25.5 Å². The summed E-state index contributed by atoms with van der Waals surface area (Å²) in [5.41, 5.74) is 0.294. The molecule has 94 valence electrons. The Morgan fingerprint density at radius 2 is 2.33 bits per heavy atom. The molecule has 2 heterocycles. The van der Waals surface area contributed by atoms with E-state index >= 15 is 0 Å². The molecular formula is C10H10BrN5O2. The van der Waals surface area contributed by atoms with Crippen molar-refractivity contribution in [2.24, 2.45) is 0 Å². The smallest absolute Gasteiger partial charge is 0.271 e. The molecule has 18 heavy (non-hydrogen) atoms. The number of rotatable bonds is 3. The summed E-state index contributed by atoms with van der Waals surface area (Å²) >= 11 is 3.26. The van der Waals surface area contributed by atoms with Gasteiger partial charge in [0.15, 0.2) is 5.69 Å². The first-order valence-corrected chi connectivity index (χ1v) is 5.79. The number of ether oxygens (including phenoxy) is 1. The van der Waals surface area contributed by atoms with E-state index in [1.807, 2.05) is 0 Å². The molecule has 0 aliphatic rings. The van der Waals surface area contributed by atoms with Crippen molar-refractivity contribution < 1.29 is 9.53 Å². The largest absolute Gasteiger partial charge is 0.480 e. The maximum absolute atomic E-state index is 11.4. The average Bonchev–Trinajstić information content (AvgIpc) is 2.88. The van der Waals surface area contributed by atoms with Gasteiger partial charge in [0, 0.05) is 13.2 Å². The zero-order valence-electron chi connectivity index (χ0n) is 9.72. The van der Waals surface area contributed by atoms with Gasteiger partial charge in [0.05, 0.1) is 17.8 Å². The van der Waals surface area contributed by atoms with Gasteiger partial charge in [-0.25, -0.2) is 9.67 Å². The van der Waals surface area contributed by atoms with Gasteiger partial charge < -0.3 is 10.1 Å². The van der Waals surface area contributed by atoms with Crippen molar-refractivity contribution in [3.63, 3.8) is 0 Å². The van der Waals surface area contributed by atoms with E-state index in [0.717, 1.165) is 0 Å². The van der Waals surface area contributed by atoms with Crippen LogP contribution in [0.2, 0.25) is 0 Å². The Bertz CT molecular complexity index is 583. The number of nitrogens with zero attached hydrogens (tertiary/aromatic N) is 4. The van der Waals surface area contributed by atoms with Crippen LogP contribution in [0.15, 0.2) is 22.9 Å². The summed E-state index contributed by atoms with van der Waals surface area (Å²) in [6.07, 6.45) is 3.16. The van der Waals surface area contributed by atoms with Crippen molar-refractivity contribution in [1.82, 2.24) is 25.1 Å². The summed E-state index contributed by atoms with van der Waals surface area (Å²) in [7, 11) is 3.05. The lowest BCUT2D eigenvalue weighted by Gasteiger charge is -2.04. The van der Waals surface area contributed by atoms with Crippen LogP contribution in [0.4, 0.5) is 0 Å². The summed E-state index contributed by atoms with van der Waals surface area (Å²) in [6, 6.07) is 1.58.